The smallest absolute Gasteiger partial charge is 0.258 e. The first-order chi connectivity index (χ1) is 12.8. The third kappa shape index (κ3) is 2.73. The number of nitrogens with one attached hydrogen (secondary N) is 1. The predicted octanol–water partition coefficient (Wildman–Crippen LogP) is 1.99. The Balaban J connectivity index is 1.44. The molecule has 0 saturated carbocycles. The fraction of sp³-hybridized carbons (Fsp3) is 0.421. The van der Waals surface area contributed by atoms with Gasteiger partial charge >= 0.3 is 0 Å². The number of hydrogen-bond donors (Lipinski definition) is 1. The van der Waals surface area contributed by atoms with E-state index in [-0.39, 0.29) is 11.6 Å². The zero-order valence-electron chi connectivity index (χ0n) is 14.5. The monoisotopic (exact) mass is 351 g/mol. The molecule has 1 atom stereocenters. The van der Waals surface area contributed by atoms with Crippen molar-refractivity contribution in [3.05, 3.63) is 57.9 Å². The maximum absolute atomic E-state index is 12.4. The van der Waals surface area contributed by atoms with Crippen molar-refractivity contribution >= 4 is 10.9 Å². The van der Waals surface area contributed by atoms with E-state index in [4.69, 9.17) is 14.8 Å². The lowest BCUT2D eigenvalue weighted by atomic mass is 10.2. The predicted molar refractivity (Wildman–Crippen MR) is 96.6 cm³/mol. The molecule has 2 aliphatic heterocycles. The van der Waals surface area contributed by atoms with Crippen LogP contribution in [0.4, 0.5) is 0 Å². The summed E-state index contributed by atoms with van der Waals surface area (Å²) in [6, 6.07) is 9.76. The number of fused-ring (bicyclic) bond motifs is 2. The van der Waals surface area contributed by atoms with E-state index in [2.05, 4.69) is 16.0 Å². The van der Waals surface area contributed by atoms with Crippen molar-refractivity contribution < 1.29 is 4.74 Å². The minimum absolute atomic E-state index is 0.0629. The number of para-hydroxylation sites is 1. The Bertz CT molecular complexity index is 985. The van der Waals surface area contributed by atoms with Crippen LogP contribution < -0.4 is 5.56 Å². The van der Waals surface area contributed by atoms with Gasteiger partial charge in [0.25, 0.3) is 5.56 Å². The molecule has 134 valence electrons. The fourth-order valence-electron chi connectivity index (χ4n) is 4.03. The highest BCUT2D eigenvalue weighted by molar-refractivity contribution is 5.77. The van der Waals surface area contributed by atoms with Gasteiger partial charge in [0.15, 0.2) is 0 Å². The van der Waals surface area contributed by atoms with Gasteiger partial charge in [-0.1, -0.05) is 12.1 Å². The van der Waals surface area contributed by atoms with Crippen LogP contribution in [0, 0.1) is 0 Å². The van der Waals surface area contributed by atoms with E-state index >= 15 is 0 Å². The zero-order chi connectivity index (χ0) is 17.5. The second-order valence-corrected chi connectivity index (χ2v) is 7.00. The maximum Gasteiger partial charge on any atom is 0.258 e. The molecule has 2 aromatic heterocycles. The first-order valence-corrected chi connectivity index (χ1v) is 9.14. The lowest BCUT2D eigenvalue weighted by molar-refractivity contribution is 0.0799. The van der Waals surface area contributed by atoms with Crippen molar-refractivity contribution in [2.75, 3.05) is 13.2 Å². The first kappa shape index (κ1) is 15.7. The third-order valence-electron chi connectivity index (χ3n) is 5.29. The third-order valence-corrected chi connectivity index (χ3v) is 5.29. The summed E-state index contributed by atoms with van der Waals surface area (Å²) >= 11 is 0. The molecule has 0 bridgehead atoms. The Morgan fingerprint density at radius 1 is 1.27 bits per heavy atom. The molecule has 5 rings (SSSR count). The highest BCUT2D eigenvalue weighted by Gasteiger charge is 2.29. The van der Waals surface area contributed by atoms with Gasteiger partial charge in [0.1, 0.15) is 5.82 Å². The van der Waals surface area contributed by atoms with Crippen LogP contribution in [-0.4, -0.2) is 37.8 Å². The van der Waals surface area contributed by atoms with Crippen LogP contribution in [0.15, 0.2) is 35.1 Å². The highest BCUT2D eigenvalue weighted by atomic mass is 16.5. The average molecular weight is 351 g/mol. The van der Waals surface area contributed by atoms with Gasteiger partial charge in [0.2, 0.25) is 0 Å². The van der Waals surface area contributed by atoms with E-state index in [0.29, 0.717) is 12.0 Å². The van der Waals surface area contributed by atoms with Crippen LogP contribution in [0.25, 0.3) is 10.9 Å². The number of rotatable bonds is 3. The molecule has 7 heteroatoms. The molecule has 0 amide bonds. The van der Waals surface area contributed by atoms with Crippen molar-refractivity contribution in [3.63, 3.8) is 0 Å². The van der Waals surface area contributed by atoms with Crippen molar-refractivity contribution in [1.29, 1.82) is 0 Å². The Morgan fingerprint density at radius 2 is 2.19 bits per heavy atom. The van der Waals surface area contributed by atoms with Gasteiger partial charge in [-0.15, -0.1) is 0 Å². The second kappa shape index (κ2) is 6.34. The van der Waals surface area contributed by atoms with Crippen LogP contribution in [0.3, 0.4) is 0 Å². The Kier molecular flexibility index (Phi) is 3.83. The van der Waals surface area contributed by atoms with Crippen molar-refractivity contribution in [1.82, 2.24) is 24.6 Å². The maximum atomic E-state index is 12.4. The van der Waals surface area contributed by atoms with Crippen LogP contribution in [0.5, 0.6) is 0 Å². The molecule has 3 aromatic rings. The standard InChI is InChI=1S/C19H21N5O2/c25-19-15-4-1-2-5-16(15)20-18(21-19)17-6-3-7-23(17)11-13-10-14-12-26-9-8-24(14)22-13/h1-2,4-5,10,17H,3,6-9,11-12H2,(H,20,21,25). The van der Waals surface area contributed by atoms with Gasteiger partial charge in [0.05, 0.1) is 48.1 Å². The van der Waals surface area contributed by atoms with Gasteiger partial charge in [-0.05, 0) is 37.6 Å². The van der Waals surface area contributed by atoms with Gasteiger partial charge in [-0.2, -0.15) is 5.10 Å². The molecule has 2 aliphatic rings. The molecular formula is C19H21N5O2. The Labute approximate surface area is 150 Å². The highest BCUT2D eigenvalue weighted by Crippen LogP contribution is 2.31. The second-order valence-electron chi connectivity index (χ2n) is 7.00. The lowest BCUT2D eigenvalue weighted by Crippen LogP contribution is -2.26. The van der Waals surface area contributed by atoms with Crippen LogP contribution in [0.1, 0.15) is 36.1 Å². The van der Waals surface area contributed by atoms with E-state index < -0.39 is 0 Å². The average Bonchev–Trinajstić information content (AvgIpc) is 3.28. The summed E-state index contributed by atoms with van der Waals surface area (Å²) in [4.78, 5) is 22.5. The molecule has 0 aliphatic carbocycles. The van der Waals surface area contributed by atoms with Crippen molar-refractivity contribution in [2.24, 2.45) is 0 Å². The summed E-state index contributed by atoms with van der Waals surface area (Å²) in [5, 5.41) is 5.35. The summed E-state index contributed by atoms with van der Waals surface area (Å²) < 4.78 is 7.54. The van der Waals surface area contributed by atoms with Gasteiger partial charge in [-0.3, -0.25) is 14.4 Å². The molecule has 7 nitrogen and oxygen atoms in total. The summed E-state index contributed by atoms with van der Waals surface area (Å²) in [5.74, 6) is 0.763. The van der Waals surface area contributed by atoms with Gasteiger partial charge in [-0.25, -0.2) is 4.98 Å². The fourth-order valence-corrected chi connectivity index (χ4v) is 4.03. The molecule has 4 heterocycles. The topological polar surface area (TPSA) is 76.0 Å². The van der Waals surface area contributed by atoms with E-state index in [0.717, 1.165) is 61.8 Å². The number of ether oxygens (including phenoxy) is 1. The van der Waals surface area contributed by atoms with E-state index in [9.17, 15) is 4.79 Å². The normalized spacial score (nSPS) is 20.5. The van der Waals surface area contributed by atoms with E-state index in [1.165, 1.54) is 0 Å². The first-order valence-electron chi connectivity index (χ1n) is 9.14. The molecule has 0 spiro atoms. The number of aromatic amines is 1. The van der Waals surface area contributed by atoms with E-state index in [1.807, 2.05) is 28.9 Å². The number of hydrogen-bond acceptors (Lipinski definition) is 5. The largest absolute Gasteiger partial charge is 0.373 e. The summed E-state index contributed by atoms with van der Waals surface area (Å²) in [6.07, 6.45) is 2.09. The van der Waals surface area contributed by atoms with Gasteiger partial charge in [0, 0.05) is 6.54 Å². The summed E-state index contributed by atoms with van der Waals surface area (Å²) in [7, 11) is 0. The number of aromatic nitrogens is 4. The molecule has 1 fully saturated rings. The van der Waals surface area contributed by atoms with Crippen LogP contribution >= 0.6 is 0 Å². The number of H-pyrrole nitrogens is 1. The molecule has 0 radical (unpaired) electrons. The summed E-state index contributed by atoms with van der Waals surface area (Å²) in [6.45, 7) is 3.93. The van der Waals surface area contributed by atoms with Gasteiger partial charge < -0.3 is 9.72 Å². The molecule has 26 heavy (non-hydrogen) atoms. The molecule has 1 aromatic carbocycles. The quantitative estimate of drug-likeness (QED) is 0.781. The van der Waals surface area contributed by atoms with Crippen molar-refractivity contribution in [3.8, 4) is 0 Å². The number of likely N-dealkylation sites (tertiary alicyclic amines) is 1. The molecular weight excluding hydrogens is 330 g/mol. The lowest BCUT2D eigenvalue weighted by Gasteiger charge is -2.22. The number of benzene rings is 1. The van der Waals surface area contributed by atoms with Crippen LogP contribution in [-0.2, 0) is 24.4 Å². The zero-order valence-corrected chi connectivity index (χ0v) is 14.5. The molecule has 1 unspecified atom stereocenters. The SMILES string of the molecule is O=c1[nH]c(C2CCCN2Cc2cc3n(n2)CCOC3)nc2ccccc12. The summed E-state index contributed by atoms with van der Waals surface area (Å²) in [5.41, 5.74) is 2.89. The Hall–Kier alpha value is -2.51. The Morgan fingerprint density at radius 3 is 3.12 bits per heavy atom. The van der Waals surface area contributed by atoms with Crippen LogP contribution in [0.2, 0.25) is 0 Å². The molecule has 1 N–H and O–H groups in total. The molecule has 1 saturated heterocycles. The number of nitrogens with zero attached hydrogens (tertiary/aromatic N) is 4. The minimum atomic E-state index is -0.0629. The minimum Gasteiger partial charge on any atom is -0.373 e. The van der Waals surface area contributed by atoms with E-state index in [1.54, 1.807) is 0 Å². The van der Waals surface area contributed by atoms with Crippen molar-refractivity contribution in [2.45, 2.75) is 38.6 Å².